The Morgan fingerprint density at radius 2 is 1.76 bits per heavy atom. The second kappa shape index (κ2) is 8.09. The fourth-order valence-electron chi connectivity index (χ4n) is 3.50. The number of halogens is 3. The fourth-order valence-corrected chi connectivity index (χ4v) is 4.40. The minimum atomic E-state index is -4.43. The zero-order chi connectivity index (χ0) is 23.2. The first kappa shape index (κ1) is 21.3. The molecular formula is C22H16F3N5O2S. The van der Waals surface area contributed by atoms with Gasteiger partial charge in [-0.1, -0.05) is 42.1 Å². The molecule has 0 saturated carbocycles. The van der Waals surface area contributed by atoms with Gasteiger partial charge in [-0.25, -0.2) is 9.38 Å². The van der Waals surface area contributed by atoms with E-state index in [1.807, 2.05) is 30.3 Å². The molecule has 168 valence electrons. The van der Waals surface area contributed by atoms with Gasteiger partial charge in [-0.05, 0) is 29.8 Å². The summed E-state index contributed by atoms with van der Waals surface area (Å²) in [6.45, 7) is -0.110. The van der Waals surface area contributed by atoms with Crippen molar-refractivity contribution in [2.24, 2.45) is 0 Å². The van der Waals surface area contributed by atoms with Crippen LogP contribution in [0.25, 0.3) is 28.2 Å². The summed E-state index contributed by atoms with van der Waals surface area (Å²) in [6.07, 6.45) is -2.78. The van der Waals surface area contributed by atoms with Crippen LogP contribution in [-0.4, -0.2) is 35.6 Å². The van der Waals surface area contributed by atoms with Crippen molar-refractivity contribution in [2.75, 3.05) is 6.61 Å². The van der Waals surface area contributed by atoms with Crippen LogP contribution in [0.1, 0.15) is 5.56 Å². The lowest BCUT2D eigenvalue weighted by molar-refractivity contribution is -0.137. The van der Waals surface area contributed by atoms with Crippen LogP contribution in [0.2, 0.25) is 0 Å². The van der Waals surface area contributed by atoms with Crippen molar-refractivity contribution in [1.29, 1.82) is 0 Å². The molecule has 0 bridgehead atoms. The Labute approximate surface area is 188 Å². The molecule has 0 fully saturated rings. The molecule has 0 aliphatic rings. The average molecular weight is 471 g/mol. The molecule has 2 aromatic carbocycles. The molecule has 0 aliphatic carbocycles. The van der Waals surface area contributed by atoms with Gasteiger partial charge in [0.25, 0.3) is 5.56 Å². The Bertz CT molecular complexity index is 1510. The lowest BCUT2D eigenvalue weighted by atomic mass is 10.2. The molecule has 5 aromatic rings. The van der Waals surface area contributed by atoms with Crippen molar-refractivity contribution in [3.8, 4) is 11.3 Å². The third-order valence-electron chi connectivity index (χ3n) is 5.07. The van der Waals surface area contributed by atoms with Gasteiger partial charge in [0.05, 0.1) is 17.9 Å². The summed E-state index contributed by atoms with van der Waals surface area (Å²) in [5, 5.41) is 9.89. The Morgan fingerprint density at radius 1 is 1.03 bits per heavy atom. The highest BCUT2D eigenvalue weighted by molar-refractivity contribution is 7.99. The quantitative estimate of drug-likeness (QED) is 0.401. The van der Waals surface area contributed by atoms with Gasteiger partial charge in [0.15, 0.2) is 16.3 Å². The summed E-state index contributed by atoms with van der Waals surface area (Å²) in [4.78, 5) is 25.7. The maximum atomic E-state index is 13.1. The lowest BCUT2D eigenvalue weighted by Gasteiger charge is -2.08. The van der Waals surface area contributed by atoms with Crippen LogP contribution in [-0.2, 0) is 12.7 Å². The molecule has 0 unspecified atom stereocenters. The molecule has 0 spiro atoms. The molecule has 5 rings (SSSR count). The molecule has 3 heterocycles. The third-order valence-corrected chi connectivity index (χ3v) is 6.07. The lowest BCUT2D eigenvalue weighted by Crippen LogP contribution is -2.14. The zero-order valence-electron chi connectivity index (χ0n) is 16.9. The molecule has 0 atom stereocenters. The number of nitrogens with zero attached hydrogens (tertiary/aromatic N) is 4. The smallest absolute Gasteiger partial charge is 0.395 e. The van der Waals surface area contributed by atoms with Crippen LogP contribution in [0.3, 0.4) is 0 Å². The van der Waals surface area contributed by atoms with E-state index in [1.54, 1.807) is 10.8 Å². The van der Waals surface area contributed by atoms with Gasteiger partial charge in [0.1, 0.15) is 0 Å². The van der Waals surface area contributed by atoms with Gasteiger partial charge in [-0.3, -0.25) is 4.79 Å². The number of nitrogens with one attached hydrogen (secondary N) is 1. The SMILES string of the molecule is O=c1c2nc(Sc3ccc(C(F)(F)F)cc3)n(CCO)c2nc2[nH]c(-c3ccccc3)cn12. The minimum absolute atomic E-state index is 0.106. The summed E-state index contributed by atoms with van der Waals surface area (Å²) in [5.74, 6) is 0.316. The van der Waals surface area contributed by atoms with Crippen LogP contribution in [0.4, 0.5) is 13.2 Å². The van der Waals surface area contributed by atoms with Gasteiger partial charge in [-0.15, -0.1) is 0 Å². The third kappa shape index (κ3) is 3.89. The molecule has 0 saturated heterocycles. The Kier molecular flexibility index (Phi) is 5.22. The zero-order valence-corrected chi connectivity index (χ0v) is 17.7. The van der Waals surface area contributed by atoms with E-state index in [9.17, 15) is 23.1 Å². The van der Waals surface area contributed by atoms with Crippen molar-refractivity contribution in [3.63, 3.8) is 0 Å². The number of fused-ring (bicyclic) bond motifs is 2. The number of rotatable bonds is 5. The first-order valence-corrected chi connectivity index (χ1v) is 10.7. The molecule has 0 radical (unpaired) electrons. The van der Waals surface area contributed by atoms with Gasteiger partial charge in [0.2, 0.25) is 5.78 Å². The highest BCUT2D eigenvalue weighted by Crippen LogP contribution is 2.33. The summed E-state index contributed by atoms with van der Waals surface area (Å²) >= 11 is 1.09. The topological polar surface area (TPSA) is 88.2 Å². The van der Waals surface area contributed by atoms with Crippen molar-refractivity contribution in [1.82, 2.24) is 23.9 Å². The predicted molar refractivity (Wildman–Crippen MR) is 117 cm³/mol. The van der Waals surface area contributed by atoms with Gasteiger partial charge >= 0.3 is 6.18 Å². The Hall–Kier alpha value is -3.57. The summed E-state index contributed by atoms with van der Waals surface area (Å²) < 4.78 is 41.5. The van der Waals surface area contributed by atoms with E-state index in [1.165, 1.54) is 16.5 Å². The number of benzene rings is 2. The highest BCUT2D eigenvalue weighted by atomic mass is 32.2. The standard InChI is InChI=1S/C22H16F3N5O2S/c23-22(24,25)14-6-8-15(9-7-14)33-21-27-17-18(29(21)10-11-31)28-20-26-16(12-30(20)19(17)32)13-4-2-1-3-5-13/h1-9,12,31H,10-11H2,(H,26,28). The predicted octanol–water partition coefficient (Wildman–Crippen LogP) is 4.20. The molecule has 3 aromatic heterocycles. The summed E-state index contributed by atoms with van der Waals surface area (Å²) in [7, 11) is 0. The van der Waals surface area contributed by atoms with Crippen LogP contribution in [0.5, 0.6) is 0 Å². The van der Waals surface area contributed by atoms with E-state index in [2.05, 4.69) is 15.0 Å². The van der Waals surface area contributed by atoms with Crippen molar-refractivity contribution >= 4 is 28.7 Å². The number of hydrogen-bond donors (Lipinski definition) is 2. The Morgan fingerprint density at radius 3 is 2.42 bits per heavy atom. The molecule has 0 amide bonds. The molecule has 11 heteroatoms. The van der Waals surface area contributed by atoms with E-state index >= 15 is 0 Å². The van der Waals surface area contributed by atoms with Crippen molar-refractivity contribution < 1.29 is 18.3 Å². The van der Waals surface area contributed by atoms with Crippen LogP contribution >= 0.6 is 11.8 Å². The second-order valence-electron chi connectivity index (χ2n) is 7.21. The number of aromatic nitrogens is 5. The molecule has 0 aliphatic heterocycles. The van der Waals surface area contributed by atoms with E-state index in [0.717, 1.165) is 29.5 Å². The van der Waals surface area contributed by atoms with Crippen molar-refractivity contribution in [2.45, 2.75) is 22.8 Å². The maximum Gasteiger partial charge on any atom is 0.416 e. The number of aliphatic hydroxyl groups excluding tert-OH is 1. The average Bonchev–Trinajstić information content (AvgIpc) is 3.37. The maximum absolute atomic E-state index is 13.1. The van der Waals surface area contributed by atoms with Gasteiger partial charge < -0.3 is 14.7 Å². The normalized spacial score (nSPS) is 12.1. The number of H-pyrrole nitrogens is 1. The van der Waals surface area contributed by atoms with Crippen LogP contribution in [0.15, 0.2) is 75.6 Å². The van der Waals surface area contributed by atoms with Gasteiger partial charge in [0, 0.05) is 17.6 Å². The molecule has 7 nitrogen and oxygen atoms in total. The van der Waals surface area contributed by atoms with E-state index < -0.39 is 11.7 Å². The second-order valence-corrected chi connectivity index (χ2v) is 8.25. The monoisotopic (exact) mass is 471 g/mol. The van der Waals surface area contributed by atoms with E-state index in [-0.39, 0.29) is 29.9 Å². The fraction of sp³-hybridized carbons (Fsp3) is 0.136. The van der Waals surface area contributed by atoms with Crippen LogP contribution in [0, 0.1) is 0 Å². The Balaban J connectivity index is 1.59. The summed E-state index contributed by atoms with van der Waals surface area (Å²) in [5.41, 5.74) is 0.843. The van der Waals surface area contributed by atoms with E-state index in [0.29, 0.717) is 21.5 Å². The van der Waals surface area contributed by atoms with Crippen LogP contribution < -0.4 is 5.56 Å². The van der Waals surface area contributed by atoms with E-state index in [4.69, 9.17) is 0 Å². The highest BCUT2D eigenvalue weighted by Gasteiger charge is 2.30. The number of aliphatic hydroxyl groups is 1. The number of alkyl halides is 3. The summed E-state index contributed by atoms with van der Waals surface area (Å²) in [6, 6.07) is 14.1. The minimum Gasteiger partial charge on any atom is -0.395 e. The first-order valence-electron chi connectivity index (χ1n) is 9.88. The molecular weight excluding hydrogens is 455 g/mol. The number of hydrogen-bond acceptors (Lipinski definition) is 5. The molecule has 2 N–H and O–H groups in total. The largest absolute Gasteiger partial charge is 0.416 e. The van der Waals surface area contributed by atoms with Crippen molar-refractivity contribution in [3.05, 3.63) is 76.7 Å². The number of aromatic amines is 1. The number of imidazole rings is 2. The first-order chi connectivity index (χ1) is 15.8. The molecule has 33 heavy (non-hydrogen) atoms. The van der Waals surface area contributed by atoms with Gasteiger partial charge in [-0.2, -0.15) is 18.2 Å².